The van der Waals surface area contributed by atoms with Gasteiger partial charge in [0.15, 0.2) is 0 Å². The first-order valence-electron chi connectivity index (χ1n) is 12.7. The van der Waals surface area contributed by atoms with Gasteiger partial charge in [-0.3, -0.25) is 4.90 Å². The number of unbranched alkanes of at least 4 members (excludes halogenated alkanes) is 1. The molecule has 3 aliphatic rings. The lowest BCUT2D eigenvalue weighted by Gasteiger charge is -2.40. The van der Waals surface area contributed by atoms with E-state index in [1.54, 1.807) is 0 Å². The Bertz CT molecular complexity index is 938. The van der Waals surface area contributed by atoms with Gasteiger partial charge in [-0.2, -0.15) is 4.98 Å². The molecule has 2 aliphatic heterocycles. The van der Waals surface area contributed by atoms with Gasteiger partial charge >= 0.3 is 0 Å². The lowest BCUT2D eigenvalue weighted by Crippen LogP contribution is -2.41. The molecule has 0 atom stereocenters. The Morgan fingerprint density at radius 1 is 1.12 bits per heavy atom. The maximum atomic E-state index is 10.1. The molecule has 1 saturated carbocycles. The van der Waals surface area contributed by atoms with Crippen LogP contribution < -0.4 is 10.2 Å². The van der Waals surface area contributed by atoms with E-state index in [1.807, 2.05) is 6.20 Å². The van der Waals surface area contributed by atoms with Crippen LogP contribution in [-0.4, -0.2) is 65.0 Å². The molecule has 2 aromatic rings. The minimum Gasteiger partial charge on any atom is -0.393 e. The van der Waals surface area contributed by atoms with Crippen LogP contribution in [0.2, 0.25) is 0 Å². The highest BCUT2D eigenvalue weighted by Crippen LogP contribution is 2.41. The molecule has 0 radical (unpaired) electrons. The summed E-state index contributed by atoms with van der Waals surface area (Å²) in [6.07, 6.45) is 7.85. The Morgan fingerprint density at radius 3 is 2.73 bits per heavy atom. The highest BCUT2D eigenvalue weighted by atomic mass is 16.5. The zero-order chi connectivity index (χ0) is 22.6. The van der Waals surface area contributed by atoms with Crippen molar-refractivity contribution in [3.05, 3.63) is 35.5 Å². The van der Waals surface area contributed by atoms with E-state index in [4.69, 9.17) is 9.72 Å². The number of rotatable bonds is 7. The molecule has 0 unspecified atom stereocenters. The molecule has 2 fully saturated rings. The van der Waals surface area contributed by atoms with Crippen molar-refractivity contribution < 1.29 is 9.84 Å². The molecule has 1 aromatic carbocycles. The van der Waals surface area contributed by atoms with Gasteiger partial charge in [-0.1, -0.05) is 31.5 Å². The Hall–Kier alpha value is -2.22. The molecule has 7 nitrogen and oxygen atoms in total. The lowest BCUT2D eigenvalue weighted by atomic mass is 9.88. The molecule has 1 aromatic heterocycles. The average Bonchev–Trinajstić information content (AvgIpc) is 2.85. The summed E-state index contributed by atoms with van der Waals surface area (Å²) in [5.41, 5.74) is 5.09. The molecule has 0 spiro atoms. The predicted octanol–water partition coefficient (Wildman–Crippen LogP) is 3.81. The van der Waals surface area contributed by atoms with Crippen molar-refractivity contribution in [1.82, 2.24) is 14.9 Å². The first-order valence-corrected chi connectivity index (χ1v) is 12.7. The van der Waals surface area contributed by atoms with Crippen molar-refractivity contribution in [1.29, 1.82) is 0 Å². The standard InChI is InChI=1S/C26H37N5O2/c1-2-3-10-27-26-28-16-24-23-9-4-19(17-30-11-13-33-14-12-30)15-20(23)18-31(25(24)29-26)21-5-7-22(32)8-6-21/h4,9,15-16,21-22,32H,2-3,5-8,10-14,17-18H2,1H3,(H,27,28,29). The maximum absolute atomic E-state index is 10.1. The third-order valence-corrected chi connectivity index (χ3v) is 7.27. The molecule has 0 bridgehead atoms. The van der Waals surface area contributed by atoms with Crippen LogP contribution in [0.4, 0.5) is 11.8 Å². The first kappa shape index (κ1) is 22.6. The van der Waals surface area contributed by atoms with Gasteiger partial charge in [-0.25, -0.2) is 4.98 Å². The summed E-state index contributed by atoms with van der Waals surface area (Å²) < 4.78 is 5.51. The van der Waals surface area contributed by atoms with Gasteiger partial charge in [-0.15, -0.1) is 0 Å². The number of nitrogens with one attached hydrogen (secondary N) is 1. The van der Waals surface area contributed by atoms with E-state index >= 15 is 0 Å². The fraction of sp³-hybridized carbons (Fsp3) is 0.615. The van der Waals surface area contributed by atoms with E-state index in [1.165, 1.54) is 16.7 Å². The highest BCUT2D eigenvalue weighted by Gasteiger charge is 2.32. The second-order valence-corrected chi connectivity index (χ2v) is 9.68. The quantitative estimate of drug-likeness (QED) is 0.620. The van der Waals surface area contributed by atoms with E-state index in [9.17, 15) is 5.11 Å². The van der Waals surface area contributed by atoms with Crippen molar-refractivity contribution in [3.63, 3.8) is 0 Å². The van der Waals surface area contributed by atoms with E-state index in [0.717, 1.165) is 102 Å². The summed E-state index contributed by atoms with van der Waals surface area (Å²) in [7, 11) is 0. The number of fused-ring (bicyclic) bond motifs is 3. The van der Waals surface area contributed by atoms with Crippen LogP contribution in [0.15, 0.2) is 24.4 Å². The predicted molar refractivity (Wildman–Crippen MR) is 131 cm³/mol. The number of hydrogen-bond acceptors (Lipinski definition) is 7. The van der Waals surface area contributed by atoms with Crippen molar-refractivity contribution in [2.24, 2.45) is 0 Å². The fourth-order valence-corrected chi connectivity index (χ4v) is 5.33. The van der Waals surface area contributed by atoms with Crippen molar-refractivity contribution >= 4 is 11.8 Å². The van der Waals surface area contributed by atoms with Crippen LogP contribution in [0.1, 0.15) is 56.6 Å². The third-order valence-electron chi connectivity index (χ3n) is 7.27. The summed E-state index contributed by atoms with van der Waals surface area (Å²) in [5, 5.41) is 13.5. The van der Waals surface area contributed by atoms with Gasteiger partial charge in [0, 0.05) is 50.5 Å². The van der Waals surface area contributed by atoms with Gasteiger partial charge in [0.05, 0.1) is 19.3 Å². The topological polar surface area (TPSA) is 73.8 Å². The summed E-state index contributed by atoms with van der Waals surface area (Å²) in [4.78, 5) is 14.6. The number of ether oxygens (including phenoxy) is 1. The number of aliphatic hydroxyl groups excluding tert-OH is 1. The Balaban J connectivity index is 1.44. The van der Waals surface area contributed by atoms with Crippen molar-refractivity contribution in [2.45, 2.75) is 70.7 Å². The van der Waals surface area contributed by atoms with Gasteiger partial charge in [-0.05, 0) is 48.8 Å². The van der Waals surface area contributed by atoms with E-state index in [2.05, 4.69) is 45.2 Å². The van der Waals surface area contributed by atoms with Crippen molar-refractivity contribution in [3.8, 4) is 11.1 Å². The molecule has 1 saturated heterocycles. The molecule has 33 heavy (non-hydrogen) atoms. The number of hydrogen-bond donors (Lipinski definition) is 2. The second-order valence-electron chi connectivity index (χ2n) is 9.68. The monoisotopic (exact) mass is 451 g/mol. The van der Waals surface area contributed by atoms with Crippen LogP contribution in [0.25, 0.3) is 11.1 Å². The van der Waals surface area contributed by atoms with Crippen LogP contribution in [0.3, 0.4) is 0 Å². The molecule has 3 heterocycles. The molecule has 1 aliphatic carbocycles. The van der Waals surface area contributed by atoms with E-state index in [-0.39, 0.29) is 6.10 Å². The molecule has 178 valence electrons. The number of nitrogens with zero attached hydrogens (tertiary/aromatic N) is 4. The van der Waals surface area contributed by atoms with Gasteiger partial charge in [0.2, 0.25) is 5.95 Å². The van der Waals surface area contributed by atoms with Crippen LogP contribution in [-0.2, 0) is 17.8 Å². The maximum Gasteiger partial charge on any atom is 0.224 e. The van der Waals surface area contributed by atoms with Crippen LogP contribution in [0, 0.1) is 0 Å². The SMILES string of the molecule is CCCCNc1ncc2c(n1)N(C1CCC(O)CC1)Cc1cc(CN3CCOCC3)ccc1-2. The van der Waals surface area contributed by atoms with Crippen molar-refractivity contribution in [2.75, 3.05) is 43.1 Å². The van der Waals surface area contributed by atoms with Gasteiger partial charge in [0.25, 0.3) is 0 Å². The Morgan fingerprint density at radius 2 is 1.94 bits per heavy atom. The number of aromatic nitrogens is 2. The Labute approximate surface area is 197 Å². The van der Waals surface area contributed by atoms with Gasteiger partial charge in [0.1, 0.15) is 5.82 Å². The molecule has 2 N–H and O–H groups in total. The first-order chi connectivity index (χ1) is 16.2. The number of benzene rings is 1. The van der Waals surface area contributed by atoms with Crippen LogP contribution >= 0.6 is 0 Å². The third kappa shape index (κ3) is 5.15. The van der Waals surface area contributed by atoms with Gasteiger partial charge < -0.3 is 20.1 Å². The largest absolute Gasteiger partial charge is 0.393 e. The Kier molecular flexibility index (Phi) is 7.09. The summed E-state index contributed by atoms with van der Waals surface area (Å²) in [5.74, 6) is 1.76. The normalized spacial score (nSPS) is 23.2. The highest BCUT2D eigenvalue weighted by molar-refractivity contribution is 5.81. The van der Waals surface area contributed by atoms with Crippen LogP contribution in [0.5, 0.6) is 0 Å². The summed E-state index contributed by atoms with van der Waals surface area (Å²) >= 11 is 0. The molecule has 0 amide bonds. The number of morpholine rings is 1. The lowest BCUT2D eigenvalue weighted by molar-refractivity contribution is 0.0342. The second kappa shape index (κ2) is 10.4. The smallest absolute Gasteiger partial charge is 0.224 e. The molecular formula is C26H37N5O2. The zero-order valence-corrected chi connectivity index (χ0v) is 19.8. The number of anilines is 2. The molecular weight excluding hydrogens is 414 g/mol. The number of aliphatic hydroxyl groups is 1. The fourth-order valence-electron chi connectivity index (χ4n) is 5.33. The summed E-state index contributed by atoms with van der Waals surface area (Å²) in [6.45, 7) is 8.57. The minimum absolute atomic E-state index is 0.158. The average molecular weight is 452 g/mol. The minimum atomic E-state index is -0.158. The zero-order valence-electron chi connectivity index (χ0n) is 19.8. The molecule has 7 heteroatoms. The van der Waals surface area contributed by atoms with E-state index < -0.39 is 0 Å². The van der Waals surface area contributed by atoms with E-state index in [0.29, 0.717) is 6.04 Å². The molecule has 5 rings (SSSR count). The summed E-state index contributed by atoms with van der Waals surface area (Å²) in [6, 6.07) is 7.31.